The van der Waals surface area contributed by atoms with Gasteiger partial charge in [-0.15, -0.1) is 0 Å². The molecular weight excluding hydrogens is 366 g/mol. The third-order valence-electron chi connectivity index (χ3n) is 4.88. The number of nitrogens with one attached hydrogen (secondary N) is 1. The Morgan fingerprint density at radius 3 is 2.81 bits per heavy atom. The monoisotopic (exact) mass is 383 g/mol. The number of carbonyl (C=O) groups is 2. The molecule has 0 saturated heterocycles. The van der Waals surface area contributed by atoms with E-state index in [1.54, 1.807) is 24.3 Å². The maximum absolute atomic E-state index is 12.9. The molecule has 1 aromatic heterocycles. The Hall–Kier alpha value is -2.99. The van der Waals surface area contributed by atoms with Crippen LogP contribution in [0.5, 0.6) is 5.75 Å². The lowest BCUT2D eigenvalue weighted by atomic mass is 9.98. The number of hydrogen-bond donors (Lipinski definition) is 2. The lowest BCUT2D eigenvalue weighted by Crippen LogP contribution is -2.33. The van der Waals surface area contributed by atoms with Crippen LogP contribution in [-0.4, -0.2) is 23.0 Å². The number of aromatic nitrogens is 1. The van der Waals surface area contributed by atoms with E-state index < -0.39 is 5.91 Å². The molecule has 2 aromatic carbocycles. The van der Waals surface area contributed by atoms with E-state index in [4.69, 9.17) is 22.1 Å². The lowest BCUT2D eigenvalue weighted by molar-refractivity contribution is 0.0915. The van der Waals surface area contributed by atoms with Crippen LogP contribution in [0.4, 0.5) is 0 Å². The van der Waals surface area contributed by atoms with Gasteiger partial charge in [-0.25, -0.2) is 0 Å². The maximum Gasteiger partial charge on any atom is 0.268 e. The van der Waals surface area contributed by atoms with Gasteiger partial charge in [0.2, 0.25) is 5.91 Å². The van der Waals surface area contributed by atoms with Crippen molar-refractivity contribution in [1.82, 2.24) is 9.88 Å². The van der Waals surface area contributed by atoms with Gasteiger partial charge < -0.3 is 20.4 Å². The highest BCUT2D eigenvalue weighted by Crippen LogP contribution is 2.33. The Kier molecular flexibility index (Phi) is 4.28. The van der Waals surface area contributed by atoms with Crippen LogP contribution in [0.2, 0.25) is 5.02 Å². The number of hydrogen-bond acceptors (Lipinski definition) is 3. The summed E-state index contributed by atoms with van der Waals surface area (Å²) in [4.78, 5) is 24.3. The minimum atomic E-state index is -0.512. The van der Waals surface area contributed by atoms with Crippen molar-refractivity contribution in [2.45, 2.75) is 12.5 Å². The molecule has 0 unspecified atom stereocenters. The predicted molar refractivity (Wildman–Crippen MR) is 103 cm³/mol. The molecule has 1 aliphatic rings. The minimum absolute atomic E-state index is 0.179. The maximum atomic E-state index is 12.9. The van der Waals surface area contributed by atoms with Crippen molar-refractivity contribution in [2.24, 2.45) is 12.8 Å². The van der Waals surface area contributed by atoms with Gasteiger partial charge in [0.25, 0.3) is 5.91 Å². The van der Waals surface area contributed by atoms with Crippen LogP contribution in [0.3, 0.4) is 0 Å². The number of nitrogens with two attached hydrogens (primary N) is 1. The van der Waals surface area contributed by atoms with Crippen LogP contribution in [-0.2, 0) is 7.05 Å². The Morgan fingerprint density at radius 2 is 2.04 bits per heavy atom. The first-order chi connectivity index (χ1) is 12.9. The van der Waals surface area contributed by atoms with Gasteiger partial charge in [-0.05, 0) is 30.3 Å². The van der Waals surface area contributed by atoms with Crippen LogP contribution in [0.1, 0.15) is 38.9 Å². The van der Waals surface area contributed by atoms with Gasteiger partial charge in [0.05, 0.1) is 12.6 Å². The molecule has 2 heterocycles. The summed E-state index contributed by atoms with van der Waals surface area (Å²) in [5.74, 6) is -0.116. The topological polar surface area (TPSA) is 86.3 Å². The fraction of sp³-hybridized carbons (Fsp3) is 0.200. The fourth-order valence-corrected chi connectivity index (χ4v) is 3.61. The smallest absolute Gasteiger partial charge is 0.268 e. The van der Waals surface area contributed by atoms with Gasteiger partial charge in [0, 0.05) is 40.5 Å². The molecule has 0 spiro atoms. The molecule has 0 bridgehead atoms. The van der Waals surface area contributed by atoms with E-state index in [0.29, 0.717) is 35.1 Å². The second-order valence-electron chi connectivity index (χ2n) is 6.57. The second kappa shape index (κ2) is 6.63. The highest BCUT2D eigenvalue weighted by molar-refractivity contribution is 6.31. The van der Waals surface area contributed by atoms with Crippen molar-refractivity contribution in [3.8, 4) is 5.75 Å². The molecule has 0 saturated carbocycles. The Balaban J connectivity index is 1.63. The number of aryl methyl sites for hydroxylation is 1. The molecule has 2 amide bonds. The van der Waals surface area contributed by atoms with E-state index in [2.05, 4.69) is 5.32 Å². The van der Waals surface area contributed by atoms with Gasteiger partial charge in [0.1, 0.15) is 11.4 Å². The first-order valence-corrected chi connectivity index (χ1v) is 8.94. The van der Waals surface area contributed by atoms with Crippen LogP contribution in [0.15, 0.2) is 42.5 Å². The summed E-state index contributed by atoms with van der Waals surface area (Å²) in [6.45, 7) is 0.449. The van der Waals surface area contributed by atoms with Gasteiger partial charge >= 0.3 is 0 Å². The van der Waals surface area contributed by atoms with E-state index in [1.807, 2.05) is 29.8 Å². The number of benzene rings is 2. The number of nitrogens with zero attached hydrogens (tertiary/aromatic N) is 1. The van der Waals surface area contributed by atoms with Gasteiger partial charge in [0.15, 0.2) is 0 Å². The molecule has 0 radical (unpaired) electrons. The highest BCUT2D eigenvalue weighted by atomic mass is 35.5. The van der Waals surface area contributed by atoms with E-state index in [1.165, 1.54) is 0 Å². The van der Waals surface area contributed by atoms with E-state index >= 15 is 0 Å². The van der Waals surface area contributed by atoms with Crippen molar-refractivity contribution in [3.05, 3.63) is 64.3 Å². The molecule has 0 fully saturated rings. The highest BCUT2D eigenvalue weighted by Gasteiger charge is 2.25. The molecule has 7 heteroatoms. The normalized spacial score (nSPS) is 15.9. The first kappa shape index (κ1) is 17.4. The number of carbonyl (C=O) groups excluding carboxylic acids is 2. The summed E-state index contributed by atoms with van der Waals surface area (Å²) in [6, 6.07) is 12.2. The van der Waals surface area contributed by atoms with E-state index in [0.717, 1.165) is 16.5 Å². The van der Waals surface area contributed by atoms with Gasteiger partial charge in [-0.3, -0.25) is 9.59 Å². The summed E-state index contributed by atoms with van der Waals surface area (Å²) in [5.41, 5.74) is 7.99. The number of rotatable bonds is 3. The van der Waals surface area contributed by atoms with Crippen LogP contribution < -0.4 is 15.8 Å². The number of ether oxygens (including phenoxy) is 1. The number of primary amides is 1. The average Bonchev–Trinajstić information content (AvgIpc) is 2.98. The van der Waals surface area contributed by atoms with E-state index in [9.17, 15) is 9.59 Å². The van der Waals surface area contributed by atoms with Crippen molar-refractivity contribution >= 4 is 34.3 Å². The molecule has 1 atom stereocenters. The quantitative estimate of drug-likeness (QED) is 0.728. The fourth-order valence-electron chi connectivity index (χ4n) is 3.45. The molecular formula is C20H18ClN3O3. The average molecular weight is 384 g/mol. The molecule has 138 valence electrons. The zero-order valence-electron chi connectivity index (χ0n) is 14.7. The molecule has 3 N–H and O–H groups in total. The largest absolute Gasteiger partial charge is 0.493 e. The molecule has 3 aromatic rings. The first-order valence-electron chi connectivity index (χ1n) is 8.56. The lowest BCUT2D eigenvalue weighted by Gasteiger charge is -2.27. The summed E-state index contributed by atoms with van der Waals surface area (Å²) in [6.07, 6.45) is 0.643. The minimum Gasteiger partial charge on any atom is -0.493 e. The summed E-state index contributed by atoms with van der Waals surface area (Å²) < 4.78 is 7.46. The zero-order valence-corrected chi connectivity index (χ0v) is 15.4. The Morgan fingerprint density at radius 1 is 1.22 bits per heavy atom. The predicted octanol–water partition coefficient (Wildman–Crippen LogP) is 3.18. The van der Waals surface area contributed by atoms with Crippen LogP contribution >= 0.6 is 11.6 Å². The van der Waals surface area contributed by atoms with E-state index in [-0.39, 0.29) is 11.9 Å². The Bertz CT molecular complexity index is 1070. The SMILES string of the molecule is Cn1c(C(=O)N[C@@H]2CCOc3cc(C(N)=O)ccc32)cc2ccc(Cl)cc21. The molecule has 1 aliphatic heterocycles. The second-order valence-corrected chi connectivity index (χ2v) is 7.01. The molecule has 27 heavy (non-hydrogen) atoms. The van der Waals surface area contributed by atoms with Crippen LogP contribution in [0.25, 0.3) is 10.9 Å². The third kappa shape index (κ3) is 3.13. The summed E-state index contributed by atoms with van der Waals surface area (Å²) in [7, 11) is 1.84. The number of amides is 2. The third-order valence-corrected chi connectivity index (χ3v) is 5.12. The summed E-state index contributed by atoms with van der Waals surface area (Å²) >= 11 is 6.07. The van der Waals surface area contributed by atoms with Crippen LogP contribution in [0, 0.1) is 0 Å². The Labute approximate surface area is 160 Å². The molecule has 0 aliphatic carbocycles. The van der Waals surface area contributed by atoms with Gasteiger partial charge in [-0.2, -0.15) is 0 Å². The van der Waals surface area contributed by atoms with Crippen molar-refractivity contribution < 1.29 is 14.3 Å². The molecule has 6 nitrogen and oxygen atoms in total. The molecule has 4 rings (SSSR count). The van der Waals surface area contributed by atoms with Gasteiger partial charge in [-0.1, -0.05) is 23.7 Å². The standard InChI is InChI=1S/C20H18ClN3O3/c1-24-16-10-13(21)4-2-11(16)8-17(24)20(26)23-15-6-7-27-18-9-12(19(22)25)3-5-14(15)18/h2-5,8-10,15H,6-7H2,1H3,(H2,22,25)(H,23,26)/t15-/m1/s1. The van der Waals surface area contributed by atoms with Crippen molar-refractivity contribution in [3.63, 3.8) is 0 Å². The van der Waals surface area contributed by atoms with Crippen molar-refractivity contribution in [2.75, 3.05) is 6.61 Å². The summed E-state index contributed by atoms with van der Waals surface area (Å²) in [5, 5.41) is 4.64. The number of fused-ring (bicyclic) bond motifs is 2. The number of halogens is 1. The van der Waals surface area contributed by atoms with Crippen molar-refractivity contribution in [1.29, 1.82) is 0 Å². The zero-order chi connectivity index (χ0) is 19.1.